The average Bonchev–Trinajstić information content (AvgIpc) is 3.39. The van der Waals surface area contributed by atoms with Crippen molar-refractivity contribution in [3.63, 3.8) is 0 Å². The van der Waals surface area contributed by atoms with Crippen molar-refractivity contribution in [1.29, 1.82) is 0 Å². The van der Waals surface area contributed by atoms with E-state index in [1.807, 2.05) is 27.2 Å². The molecule has 8 nitrogen and oxygen atoms in total. The highest BCUT2D eigenvalue weighted by atomic mass is 31.2. The topological polar surface area (TPSA) is 105 Å². The summed E-state index contributed by atoms with van der Waals surface area (Å²) in [5.74, 6) is -0.194. The first kappa shape index (κ1) is 74.7. The van der Waals surface area contributed by atoms with Gasteiger partial charge < -0.3 is 19.8 Å². The maximum absolute atomic E-state index is 13.0. The lowest BCUT2D eigenvalue weighted by atomic mass is 10.0. The fourth-order valence-electron chi connectivity index (χ4n) is 9.30. The van der Waals surface area contributed by atoms with Crippen LogP contribution in [0.1, 0.15) is 290 Å². The Kier molecular flexibility index (Phi) is 56.6. The van der Waals surface area contributed by atoms with Gasteiger partial charge >= 0.3 is 7.82 Å². The normalized spacial score (nSPS) is 14.3. The van der Waals surface area contributed by atoms with Gasteiger partial charge in [0.05, 0.1) is 39.9 Å². The molecule has 0 fully saturated rings. The van der Waals surface area contributed by atoms with Crippen LogP contribution in [0.15, 0.2) is 85.1 Å². The van der Waals surface area contributed by atoms with Gasteiger partial charge in [-0.2, -0.15) is 0 Å². The summed E-state index contributed by atoms with van der Waals surface area (Å²) >= 11 is 0. The lowest BCUT2D eigenvalue weighted by Gasteiger charge is -2.25. The summed E-state index contributed by atoms with van der Waals surface area (Å²) in [4.78, 5) is 23.4. The fourth-order valence-corrected chi connectivity index (χ4v) is 10.0. The maximum atomic E-state index is 13.0. The lowest BCUT2D eigenvalue weighted by Crippen LogP contribution is -2.45. The van der Waals surface area contributed by atoms with Crippen molar-refractivity contribution < 1.29 is 32.9 Å². The number of aliphatic hydroxyl groups is 1. The van der Waals surface area contributed by atoms with E-state index in [2.05, 4.69) is 92.1 Å². The molecule has 0 aliphatic heterocycles. The summed E-state index contributed by atoms with van der Waals surface area (Å²) in [6.07, 6.45) is 82.9. The number of aliphatic hydroxyl groups excluding tert-OH is 1. The maximum Gasteiger partial charge on any atom is 0.472 e. The number of allylic oxidation sites excluding steroid dienone is 13. The Hall–Kier alpha value is -2.32. The van der Waals surface area contributed by atoms with Gasteiger partial charge in [0.1, 0.15) is 13.2 Å². The zero-order valence-electron chi connectivity index (χ0n) is 51.2. The van der Waals surface area contributed by atoms with Gasteiger partial charge in [-0.15, -0.1) is 0 Å². The minimum Gasteiger partial charge on any atom is -0.387 e. The predicted molar refractivity (Wildman–Crippen MR) is 336 cm³/mol. The van der Waals surface area contributed by atoms with Crippen LogP contribution in [-0.2, 0) is 18.4 Å². The van der Waals surface area contributed by atoms with Gasteiger partial charge in [0, 0.05) is 6.42 Å². The van der Waals surface area contributed by atoms with Crippen LogP contribution in [-0.4, -0.2) is 73.4 Å². The van der Waals surface area contributed by atoms with Crippen LogP contribution in [0, 0.1) is 0 Å². The molecule has 448 valence electrons. The molecule has 0 saturated heterocycles. The van der Waals surface area contributed by atoms with Gasteiger partial charge in [-0.3, -0.25) is 13.8 Å². The van der Waals surface area contributed by atoms with Crippen LogP contribution in [0.5, 0.6) is 0 Å². The zero-order chi connectivity index (χ0) is 56.3. The highest BCUT2D eigenvalue weighted by Crippen LogP contribution is 2.43. The molecule has 0 aliphatic rings. The van der Waals surface area contributed by atoms with Crippen molar-refractivity contribution in [2.75, 3.05) is 40.9 Å². The predicted octanol–water partition coefficient (Wildman–Crippen LogP) is 20.4. The first-order valence-electron chi connectivity index (χ1n) is 32.5. The van der Waals surface area contributed by atoms with Crippen LogP contribution in [0.3, 0.4) is 0 Å². The summed E-state index contributed by atoms with van der Waals surface area (Å²) in [7, 11) is 1.54. The highest BCUT2D eigenvalue weighted by molar-refractivity contribution is 7.47. The molecule has 0 bridgehead atoms. The van der Waals surface area contributed by atoms with E-state index in [9.17, 15) is 19.4 Å². The molecule has 0 aromatic carbocycles. The van der Waals surface area contributed by atoms with Gasteiger partial charge in [0.2, 0.25) is 5.91 Å². The third-order valence-electron chi connectivity index (χ3n) is 14.3. The smallest absolute Gasteiger partial charge is 0.387 e. The Bertz CT molecular complexity index is 1530. The Morgan fingerprint density at radius 3 is 1.19 bits per heavy atom. The number of likely N-dealkylation sites (N-methyl/N-ethyl adjacent to an activating group) is 1. The van der Waals surface area contributed by atoms with Crippen molar-refractivity contribution in [3.05, 3.63) is 85.1 Å². The van der Waals surface area contributed by atoms with Crippen LogP contribution in [0.2, 0.25) is 0 Å². The number of rotatable bonds is 59. The summed E-state index contributed by atoms with van der Waals surface area (Å²) in [5, 5.41) is 14.0. The standard InChI is InChI=1S/C68H125N2O6P/c1-6-8-10-12-14-16-18-20-22-24-26-28-30-32-33-34-35-36-38-39-41-43-45-47-49-51-53-55-57-59-61-67(71)66(65-76-77(73,74)75-64-63-70(3,4)5)69-68(72)62-60-58-56-54-52-50-48-46-44-42-40-37-31-29-27-25-23-21-19-17-15-13-11-9-7-2/h9,11,15,17,21,23,27,29,43,45,51,53,59,61,66-67,71H,6-8,10,12-14,16,18-20,22,24-26,28,30-42,44,46-50,52,54-58,60,62-65H2,1-5H3,(H-,69,72,73,74)/p+1/b11-9-,17-15-,23-21-,29-27-,45-43+,53-51+,61-59+. The van der Waals surface area contributed by atoms with Crippen molar-refractivity contribution in [2.45, 2.75) is 302 Å². The molecule has 3 unspecified atom stereocenters. The summed E-state index contributed by atoms with van der Waals surface area (Å²) in [6.45, 7) is 4.70. The molecule has 0 saturated carbocycles. The molecule has 0 aromatic rings. The molecule has 0 heterocycles. The van der Waals surface area contributed by atoms with Gasteiger partial charge in [0.25, 0.3) is 0 Å². The number of nitrogens with zero attached hydrogens (tertiary/aromatic N) is 1. The number of amides is 1. The van der Waals surface area contributed by atoms with E-state index < -0.39 is 20.0 Å². The number of phosphoric acid groups is 1. The SMILES string of the molecule is CC/C=C\C/C=C\C/C=C\C/C=C\CCCCCCCCCCCCCCC(=O)NC(COP(=O)(O)OCC[N+](C)(C)C)C(O)/C=C/CC/C=C/CC/C=C/CCCCCCCCCCCCCCCCCCCCCC. The minimum absolute atomic E-state index is 0.0500. The number of nitrogens with one attached hydrogen (secondary N) is 1. The van der Waals surface area contributed by atoms with E-state index in [0.29, 0.717) is 17.4 Å². The van der Waals surface area contributed by atoms with E-state index in [4.69, 9.17) is 9.05 Å². The number of unbranched alkanes of at least 4 members (excludes halogenated alkanes) is 34. The fraction of sp³-hybridized carbons (Fsp3) is 0.779. The molecule has 77 heavy (non-hydrogen) atoms. The molecule has 0 aromatic heterocycles. The number of hydrogen-bond donors (Lipinski definition) is 3. The van der Waals surface area contributed by atoms with E-state index in [0.717, 1.165) is 70.6 Å². The summed E-state index contributed by atoms with van der Waals surface area (Å²) in [6, 6.07) is -0.877. The number of hydrogen-bond acceptors (Lipinski definition) is 5. The Morgan fingerprint density at radius 2 is 0.792 bits per heavy atom. The number of carbonyl (C=O) groups excluding carboxylic acids is 1. The van der Waals surface area contributed by atoms with Gasteiger partial charge in [-0.1, -0.05) is 285 Å². The third kappa shape index (κ3) is 61.2. The molecule has 3 N–H and O–H groups in total. The molecule has 0 aliphatic carbocycles. The second kappa shape index (κ2) is 58.3. The summed E-state index contributed by atoms with van der Waals surface area (Å²) in [5.41, 5.74) is 0. The molecular formula is C68H126N2O6P+. The molecular weight excluding hydrogens is 972 g/mol. The van der Waals surface area contributed by atoms with E-state index in [1.165, 1.54) is 199 Å². The monoisotopic (exact) mass is 1100 g/mol. The zero-order valence-corrected chi connectivity index (χ0v) is 52.1. The lowest BCUT2D eigenvalue weighted by molar-refractivity contribution is -0.870. The van der Waals surface area contributed by atoms with Crippen molar-refractivity contribution in [2.24, 2.45) is 0 Å². The Morgan fingerprint density at radius 1 is 0.455 bits per heavy atom. The third-order valence-corrected chi connectivity index (χ3v) is 15.3. The molecule has 3 atom stereocenters. The largest absolute Gasteiger partial charge is 0.472 e. The first-order chi connectivity index (χ1) is 37.5. The molecule has 9 heteroatoms. The van der Waals surface area contributed by atoms with E-state index in [-0.39, 0.29) is 19.1 Å². The van der Waals surface area contributed by atoms with Crippen molar-refractivity contribution >= 4 is 13.7 Å². The van der Waals surface area contributed by atoms with E-state index >= 15 is 0 Å². The van der Waals surface area contributed by atoms with Crippen molar-refractivity contribution in [1.82, 2.24) is 5.32 Å². The Labute approximate surface area is 477 Å². The molecule has 0 spiro atoms. The highest BCUT2D eigenvalue weighted by Gasteiger charge is 2.27. The quantitative estimate of drug-likeness (QED) is 0.0243. The van der Waals surface area contributed by atoms with Gasteiger partial charge in [-0.05, 0) is 83.5 Å². The number of phosphoric ester groups is 1. The van der Waals surface area contributed by atoms with E-state index in [1.54, 1.807) is 6.08 Å². The molecule has 1 amide bonds. The van der Waals surface area contributed by atoms with Crippen molar-refractivity contribution in [3.8, 4) is 0 Å². The van der Waals surface area contributed by atoms with Crippen LogP contribution < -0.4 is 5.32 Å². The minimum atomic E-state index is -4.37. The Balaban J connectivity index is 4.20. The van der Waals surface area contributed by atoms with Crippen LogP contribution >= 0.6 is 7.82 Å². The number of quaternary nitrogens is 1. The van der Waals surface area contributed by atoms with Crippen LogP contribution in [0.25, 0.3) is 0 Å². The van der Waals surface area contributed by atoms with Gasteiger partial charge in [0.15, 0.2) is 0 Å². The molecule has 0 radical (unpaired) electrons. The summed E-state index contributed by atoms with van der Waals surface area (Å²) < 4.78 is 23.8. The second-order valence-corrected chi connectivity index (χ2v) is 24.5. The van der Waals surface area contributed by atoms with Gasteiger partial charge in [-0.25, -0.2) is 4.57 Å². The second-order valence-electron chi connectivity index (χ2n) is 23.1. The van der Waals surface area contributed by atoms with Crippen LogP contribution in [0.4, 0.5) is 0 Å². The molecule has 0 rings (SSSR count). The number of carbonyl (C=O) groups is 1. The first-order valence-corrected chi connectivity index (χ1v) is 34.0. The average molecular weight is 1100 g/mol.